The maximum absolute atomic E-state index is 9.13. The van der Waals surface area contributed by atoms with Crippen molar-refractivity contribution in [2.24, 2.45) is 0 Å². The van der Waals surface area contributed by atoms with Crippen molar-refractivity contribution in [3.8, 4) is 17.2 Å². The Morgan fingerprint density at radius 3 is 2.81 bits per heavy atom. The molecule has 0 saturated carbocycles. The van der Waals surface area contributed by atoms with Gasteiger partial charge in [0.2, 0.25) is 0 Å². The number of nitrogens with one attached hydrogen (secondary N) is 1. The van der Waals surface area contributed by atoms with Crippen LogP contribution in [-0.4, -0.2) is 14.5 Å². The number of hydrogen-bond donors (Lipinski definition) is 1. The van der Waals surface area contributed by atoms with E-state index in [1.807, 2.05) is 41.1 Å². The summed E-state index contributed by atoms with van der Waals surface area (Å²) in [4.78, 5) is 9.12. The minimum atomic E-state index is 0.613. The topological polar surface area (TPSA) is 66.5 Å². The van der Waals surface area contributed by atoms with Gasteiger partial charge in [-0.2, -0.15) is 5.26 Å². The van der Waals surface area contributed by atoms with Gasteiger partial charge in [0.1, 0.15) is 0 Å². The SMILES string of the molecule is C=Cn1ccc2cc(-c3cc(NCc4cccc(C#N)c4)cc4nccnc34)ccc21. The molecule has 31 heavy (non-hydrogen) atoms. The molecule has 0 saturated heterocycles. The van der Waals surface area contributed by atoms with Crippen molar-refractivity contribution in [3.05, 3.63) is 97.0 Å². The van der Waals surface area contributed by atoms with Gasteiger partial charge >= 0.3 is 0 Å². The minimum absolute atomic E-state index is 0.613. The first kappa shape index (κ1) is 18.6. The predicted octanol–water partition coefficient (Wildman–Crippen LogP) is 5.84. The van der Waals surface area contributed by atoms with Gasteiger partial charge < -0.3 is 9.88 Å². The maximum atomic E-state index is 9.13. The molecule has 2 aromatic heterocycles. The largest absolute Gasteiger partial charge is 0.381 e. The van der Waals surface area contributed by atoms with E-state index in [4.69, 9.17) is 5.26 Å². The van der Waals surface area contributed by atoms with E-state index >= 15 is 0 Å². The number of nitriles is 1. The van der Waals surface area contributed by atoms with E-state index in [2.05, 4.69) is 58.3 Å². The van der Waals surface area contributed by atoms with E-state index < -0.39 is 0 Å². The molecule has 5 heteroatoms. The quantitative estimate of drug-likeness (QED) is 0.402. The van der Waals surface area contributed by atoms with Crippen LogP contribution in [0.25, 0.3) is 39.3 Å². The Morgan fingerprint density at radius 1 is 1.03 bits per heavy atom. The number of nitrogens with zero attached hydrogens (tertiary/aromatic N) is 4. The van der Waals surface area contributed by atoms with Gasteiger partial charge in [0, 0.05) is 48.0 Å². The summed E-state index contributed by atoms with van der Waals surface area (Å²) >= 11 is 0. The van der Waals surface area contributed by atoms with Crippen LogP contribution in [0.5, 0.6) is 0 Å². The molecule has 0 radical (unpaired) electrons. The molecule has 0 spiro atoms. The lowest BCUT2D eigenvalue weighted by atomic mass is 10.0. The molecule has 0 aliphatic heterocycles. The smallest absolute Gasteiger partial charge is 0.0991 e. The highest BCUT2D eigenvalue weighted by Crippen LogP contribution is 2.32. The van der Waals surface area contributed by atoms with E-state index in [0.717, 1.165) is 44.3 Å². The first-order valence-electron chi connectivity index (χ1n) is 9.96. The zero-order valence-electron chi connectivity index (χ0n) is 16.8. The van der Waals surface area contributed by atoms with Crippen molar-refractivity contribution in [1.82, 2.24) is 14.5 Å². The molecule has 0 fully saturated rings. The standard InChI is InChI=1S/C26H19N5/c1-2-31-11-8-21-13-20(6-7-25(21)31)23-14-22(15-24-26(23)29-10-9-28-24)30-17-19-5-3-4-18(12-19)16-27/h2-15,30H,1,17H2. The second-order valence-corrected chi connectivity index (χ2v) is 7.29. The van der Waals surface area contributed by atoms with Crippen molar-refractivity contribution in [3.63, 3.8) is 0 Å². The number of rotatable bonds is 5. The zero-order valence-corrected chi connectivity index (χ0v) is 16.8. The Kier molecular flexibility index (Phi) is 4.66. The summed E-state index contributed by atoms with van der Waals surface area (Å²) in [5.74, 6) is 0. The fraction of sp³-hybridized carbons (Fsp3) is 0.0385. The second-order valence-electron chi connectivity index (χ2n) is 7.29. The van der Waals surface area contributed by atoms with Crippen molar-refractivity contribution in [2.75, 3.05) is 5.32 Å². The summed E-state index contributed by atoms with van der Waals surface area (Å²) in [5, 5.41) is 13.7. The van der Waals surface area contributed by atoms with E-state index in [1.165, 1.54) is 0 Å². The molecule has 5 nitrogen and oxygen atoms in total. The van der Waals surface area contributed by atoms with Crippen LogP contribution in [-0.2, 0) is 6.54 Å². The summed E-state index contributed by atoms with van der Waals surface area (Å²) in [6, 6.07) is 22.4. The van der Waals surface area contributed by atoms with Crippen LogP contribution < -0.4 is 5.32 Å². The molecule has 0 atom stereocenters. The van der Waals surface area contributed by atoms with Crippen molar-refractivity contribution in [1.29, 1.82) is 5.26 Å². The highest BCUT2D eigenvalue weighted by Gasteiger charge is 2.10. The molecule has 2 heterocycles. The molecule has 0 aliphatic rings. The fourth-order valence-corrected chi connectivity index (χ4v) is 3.84. The Labute approximate surface area is 179 Å². The van der Waals surface area contributed by atoms with Gasteiger partial charge in [0.05, 0.1) is 28.2 Å². The van der Waals surface area contributed by atoms with E-state index in [1.54, 1.807) is 18.6 Å². The van der Waals surface area contributed by atoms with Gasteiger partial charge in [0.25, 0.3) is 0 Å². The van der Waals surface area contributed by atoms with Gasteiger partial charge in [-0.1, -0.05) is 24.8 Å². The molecule has 148 valence electrons. The number of anilines is 1. The summed E-state index contributed by atoms with van der Waals surface area (Å²) in [6.45, 7) is 4.47. The van der Waals surface area contributed by atoms with E-state index in [-0.39, 0.29) is 0 Å². The summed E-state index contributed by atoms with van der Waals surface area (Å²) in [6.07, 6.45) is 7.24. The van der Waals surface area contributed by atoms with E-state index in [9.17, 15) is 0 Å². The molecular weight excluding hydrogens is 382 g/mol. The lowest BCUT2D eigenvalue weighted by molar-refractivity contribution is 1.15. The lowest BCUT2D eigenvalue weighted by Crippen LogP contribution is -2.01. The molecule has 3 aromatic carbocycles. The summed E-state index contributed by atoms with van der Waals surface area (Å²) < 4.78 is 2.00. The molecule has 1 N–H and O–H groups in total. The first-order chi connectivity index (χ1) is 15.2. The van der Waals surface area contributed by atoms with Crippen LogP contribution in [0.1, 0.15) is 11.1 Å². The lowest BCUT2D eigenvalue weighted by Gasteiger charge is -2.12. The first-order valence-corrected chi connectivity index (χ1v) is 9.96. The number of fused-ring (bicyclic) bond motifs is 2. The predicted molar refractivity (Wildman–Crippen MR) is 125 cm³/mol. The third kappa shape index (κ3) is 3.52. The van der Waals surface area contributed by atoms with Crippen LogP contribution in [0.4, 0.5) is 5.69 Å². The average Bonchev–Trinajstić information content (AvgIpc) is 3.24. The Hall–Kier alpha value is -4.43. The van der Waals surface area contributed by atoms with Gasteiger partial charge in [-0.05, 0) is 53.6 Å². The number of benzene rings is 3. The maximum Gasteiger partial charge on any atom is 0.0991 e. The van der Waals surface area contributed by atoms with Crippen molar-refractivity contribution >= 4 is 33.8 Å². The van der Waals surface area contributed by atoms with Crippen molar-refractivity contribution in [2.45, 2.75) is 6.54 Å². The third-order valence-electron chi connectivity index (χ3n) is 5.35. The van der Waals surface area contributed by atoms with E-state index in [0.29, 0.717) is 12.1 Å². The normalized spacial score (nSPS) is 10.8. The molecule has 5 aromatic rings. The minimum Gasteiger partial charge on any atom is -0.381 e. The Morgan fingerprint density at radius 2 is 1.94 bits per heavy atom. The monoisotopic (exact) mass is 401 g/mol. The molecular formula is C26H19N5. The van der Waals surface area contributed by atoms with Crippen LogP contribution in [0.15, 0.2) is 85.8 Å². The van der Waals surface area contributed by atoms with Gasteiger partial charge in [-0.15, -0.1) is 0 Å². The second kappa shape index (κ2) is 7.77. The van der Waals surface area contributed by atoms with Crippen molar-refractivity contribution < 1.29 is 0 Å². The van der Waals surface area contributed by atoms with Crippen LogP contribution in [0.3, 0.4) is 0 Å². The third-order valence-corrected chi connectivity index (χ3v) is 5.35. The highest BCUT2D eigenvalue weighted by atomic mass is 14.9. The Balaban J connectivity index is 1.56. The summed E-state index contributed by atoms with van der Waals surface area (Å²) in [7, 11) is 0. The number of hydrogen-bond acceptors (Lipinski definition) is 4. The van der Waals surface area contributed by atoms with Crippen LogP contribution >= 0.6 is 0 Å². The van der Waals surface area contributed by atoms with Crippen LogP contribution in [0, 0.1) is 11.3 Å². The molecule has 0 bridgehead atoms. The van der Waals surface area contributed by atoms with Crippen LogP contribution in [0.2, 0.25) is 0 Å². The zero-order chi connectivity index (χ0) is 21.2. The van der Waals surface area contributed by atoms with Gasteiger partial charge in [0.15, 0.2) is 0 Å². The molecule has 5 rings (SSSR count). The average molecular weight is 401 g/mol. The Bertz CT molecular complexity index is 1470. The summed E-state index contributed by atoms with van der Waals surface area (Å²) in [5.41, 5.74) is 7.56. The molecule has 0 aliphatic carbocycles. The van der Waals surface area contributed by atoms with Gasteiger partial charge in [-0.3, -0.25) is 9.97 Å². The van der Waals surface area contributed by atoms with Gasteiger partial charge in [-0.25, -0.2) is 0 Å². The number of aromatic nitrogens is 3. The fourth-order valence-electron chi connectivity index (χ4n) is 3.84. The molecule has 0 amide bonds. The molecule has 0 unspecified atom stereocenters. The highest BCUT2D eigenvalue weighted by molar-refractivity contribution is 5.97.